The van der Waals surface area contributed by atoms with E-state index in [1.54, 1.807) is 0 Å². The van der Waals surface area contributed by atoms with E-state index in [0.29, 0.717) is 0 Å². The fourth-order valence-electron chi connectivity index (χ4n) is 3.03. The lowest BCUT2D eigenvalue weighted by Gasteiger charge is -2.24. The summed E-state index contributed by atoms with van der Waals surface area (Å²) in [5.41, 5.74) is 7.68. The number of halogens is 1. The van der Waals surface area contributed by atoms with Gasteiger partial charge in [0, 0.05) is 5.02 Å². The summed E-state index contributed by atoms with van der Waals surface area (Å²) in [6.07, 6.45) is 0. The van der Waals surface area contributed by atoms with Crippen LogP contribution in [-0.4, -0.2) is 6.54 Å². The van der Waals surface area contributed by atoms with Crippen LogP contribution in [0.3, 0.4) is 0 Å². The van der Waals surface area contributed by atoms with E-state index >= 15 is 0 Å². The van der Waals surface area contributed by atoms with Gasteiger partial charge in [-0.2, -0.15) is 0 Å². The van der Waals surface area contributed by atoms with Crippen molar-refractivity contribution >= 4 is 11.6 Å². The van der Waals surface area contributed by atoms with Crippen LogP contribution in [0.1, 0.15) is 46.3 Å². The van der Waals surface area contributed by atoms with Crippen LogP contribution in [0.2, 0.25) is 5.02 Å². The Morgan fingerprint density at radius 3 is 2.10 bits per heavy atom. The molecule has 1 atom stereocenters. The monoisotopic (exact) mass is 301 g/mol. The normalized spacial score (nSPS) is 12.5. The molecule has 0 aromatic heterocycles. The molecule has 0 amide bonds. The number of hydrogen-bond donors (Lipinski definition) is 1. The third-order valence-electron chi connectivity index (χ3n) is 3.96. The standard InChI is InChI=1S/C19H24ClN/c1-6-21-19(16-8-7-13(3)17(20)11-16)18-14(4)9-12(2)10-15(18)5/h7-11,19,21H,6H2,1-5H3. The van der Waals surface area contributed by atoms with E-state index in [9.17, 15) is 0 Å². The van der Waals surface area contributed by atoms with Crippen molar-refractivity contribution < 1.29 is 0 Å². The summed E-state index contributed by atoms with van der Waals surface area (Å²) in [5.74, 6) is 0. The third kappa shape index (κ3) is 3.48. The lowest BCUT2D eigenvalue weighted by molar-refractivity contribution is 0.624. The zero-order valence-corrected chi connectivity index (χ0v) is 14.3. The molecule has 2 rings (SSSR count). The highest BCUT2D eigenvalue weighted by atomic mass is 35.5. The molecular formula is C19H24ClN. The zero-order chi connectivity index (χ0) is 15.6. The predicted octanol–water partition coefficient (Wildman–Crippen LogP) is 5.27. The minimum atomic E-state index is 0.189. The average molecular weight is 302 g/mol. The second-order valence-corrected chi connectivity index (χ2v) is 6.22. The molecule has 2 aromatic rings. The van der Waals surface area contributed by atoms with E-state index in [-0.39, 0.29) is 6.04 Å². The van der Waals surface area contributed by atoms with E-state index in [1.165, 1.54) is 27.8 Å². The number of aryl methyl sites for hydroxylation is 4. The largest absolute Gasteiger partial charge is 0.307 e. The Labute approximate surface area is 133 Å². The van der Waals surface area contributed by atoms with Crippen LogP contribution < -0.4 is 5.32 Å². The molecule has 112 valence electrons. The van der Waals surface area contributed by atoms with Crippen molar-refractivity contribution in [3.05, 3.63) is 68.7 Å². The van der Waals surface area contributed by atoms with Gasteiger partial charge in [0.1, 0.15) is 0 Å². The fourth-order valence-corrected chi connectivity index (χ4v) is 3.21. The lowest BCUT2D eigenvalue weighted by Crippen LogP contribution is -2.23. The summed E-state index contributed by atoms with van der Waals surface area (Å²) < 4.78 is 0. The molecule has 21 heavy (non-hydrogen) atoms. The topological polar surface area (TPSA) is 12.0 Å². The smallest absolute Gasteiger partial charge is 0.0582 e. The van der Waals surface area contributed by atoms with Crippen molar-refractivity contribution in [2.75, 3.05) is 6.54 Å². The zero-order valence-electron chi connectivity index (χ0n) is 13.5. The summed E-state index contributed by atoms with van der Waals surface area (Å²) in [7, 11) is 0. The Kier molecular flexibility index (Phi) is 5.08. The summed E-state index contributed by atoms with van der Waals surface area (Å²) in [5, 5.41) is 4.44. The van der Waals surface area contributed by atoms with Gasteiger partial charge in [-0.25, -0.2) is 0 Å². The first-order valence-electron chi connectivity index (χ1n) is 7.51. The molecule has 2 aromatic carbocycles. The summed E-state index contributed by atoms with van der Waals surface area (Å²) in [4.78, 5) is 0. The highest BCUT2D eigenvalue weighted by Crippen LogP contribution is 2.31. The molecule has 1 nitrogen and oxygen atoms in total. The van der Waals surface area contributed by atoms with Crippen LogP contribution in [0.15, 0.2) is 30.3 Å². The molecule has 0 spiro atoms. The number of benzene rings is 2. The molecule has 1 unspecified atom stereocenters. The first-order chi connectivity index (χ1) is 9.93. The van der Waals surface area contributed by atoms with Gasteiger partial charge >= 0.3 is 0 Å². The van der Waals surface area contributed by atoms with Crippen LogP contribution in [0, 0.1) is 27.7 Å². The van der Waals surface area contributed by atoms with Gasteiger partial charge in [-0.1, -0.05) is 48.4 Å². The third-order valence-corrected chi connectivity index (χ3v) is 4.37. The molecule has 2 heteroatoms. The summed E-state index contributed by atoms with van der Waals surface area (Å²) in [6, 6.07) is 11.1. The van der Waals surface area contributed by atoms with E-state index in [4.69, 9.17) is 11.6 Å². The van der Waals surface area contributed by atoms with Crippen LogP contribution in [0.5, 0.6) is 0 Å². The highest BCUT2D eigenvalue weighted by Gasteiger charge is 2.18. The summed E-state index contributed by atoms with van der Waals surface area (Å²) >= 11 is 6.32. The van der Waals surface area contributed by atoms with Gasteiger partial charge in [0.25, 0.3) is 0 Å². The molecule has 0 aliphatic rings. The molecule has 0 bridgehead atoms. The Bertz CT molecular complexity index is 623. The molecule has 0 aliphatic carbocycles. The molecule has 0 saturated carbocycles. The number of hydrogen-bond acceptors (Lipinski definition) is 1. The SMILES string of the molecule is CCNC(c1ccc(C)c(Cl)c1)c1c(C)cc(C)cc1C. The van der Waals surface area contributed by atoms with Crippen molar-refractivity contribution in [2.45, 2.75) is 40.7 Å². The lowest BCUT2D eigenvalue weighted by atomic mass is 9.89. The van der Waals surface area contributed by atoms with E-state index in [1.807, 2.05) is 6.92 Å². The van der Waals surface area contributed by atoms with Crippen LogP contribution in [-0.2, 0) is 0 Å². The minimum Gasteiger partial charge on any atom is -0.307 e. The van der Waals surface area contributed by atoms with Gasteiger partial charge in [0.2, 0.25) is 0 Å². The molecule has 0 aliphatic heterocycles. The minimum absolute atomic E-state index is 0.189. The maximum absolute atomic E-state index is 6.32. The molecule has 1 N–H and O–H groups in total. The second kappa shape index (κ2) is 6.64. The van der Waals surface area contributed by atoms with Gasteiger partial charge in [0.15, 0.2) is 0 Å². The maximum Gasteiger partial charge on any atom is 0.0582 e. The van der Waals surface area contributed by atoms with Crippen LogP contribution in [0.25, 0.3) is 0 Å². The summed E-state index contributed by atoms with van der Waals surface area (Å²) in [6.45, 7) is 11.6. The molecule has 0 radical (unpaired) electrons. The Morgan fingerprint density at radius 1 is 0.952 bits per heavy atom. The van der Waals surface area contributed by atoms with E-state index < -0.39 is 0 Å². The van der Waals surface area contributed by atoms with E-state index in [0.717, 1.165) is 17.1 Å². The highest BCUT2D eigenvalue weighted by molar-refractivity contribution is 6.31. The van der Waals surface area contributed by atoms with Crippen LogP contribution >= 0.6 is 11.6 Å². The maximum atomic E-state index is 6.32. The molecule has 0 heterocycles. The quantitative estimate of drug-likeness (QED) is 0.811. The molecule has 0 saturated heterocycles. The molecular weight excluding hydrogens is 278 g/mol. The molecule has 0 fully saturated rings. The van der Waals surface area contributed by atoms with Crippen molar-refractivity contribution in [3.63, 3.8) is 0 Å². The first kappa shape index (κ1) is 16.1. The Balaban J connectivity index is 2.55. The fraction of sp³-hybridized carbons (Fsp3) is 0.368. The van der Waals surface area contributed by atoms with Crippen molar-refractivity contribution in [1.82, 2.24) is 5.32 Å². The number of nitrogens with one attached hydrogen (secondary N) is 1. The number of rotatable bonds is 4. The van der Waals surface area contributed by atoms with Crippen LogP contribution in [0.4, 0.5) is 0 Å². The van der Waals surface area contributed by atoms with Gasteiger partial charge in [-0.15, -0.1) is 0 Å². The van der Waals surface area contributed by atoms with Crippen molar-refractivity contribution in [1.29, 1.82) is 0 Å². The van der Waals surface area contributed by atoms with Gasteiger partial charge in [-0.3, -0.25) is 0 Å². The van der Waals surface area contributed by atoms with Crippen molar-refractivity contribution in [3.8, 4) is 0 Å². The van der Waals surface area contributed by atoms with Gasteiger partial charge < -0.3 is 5.32 Å². The van der Waals surface area contributed by atoms with Gasteiger partial charge in [0.05, 0.1) is 6.04 Å². The van der Waals surface area contributed by atoms with Gasteiger partial charge in [-0.05, 0) is 68.1 Å². The van der Waals surface area contributed by atoms with Crippen molar-refractivity contribution in [2.24, 2.45) is 0 Å². The predicted molar refractivity (Wildman–Crippen MR) is 92.4 cm³/mol. The second-order valence-electron chi connectivity index (χ2n) is 5.81. The Morgan fingerprint density at radius 2 is 1.57 bits per heavy atom. The van der Waals surface area contributed by atoms with E-state index in [2.05, 4.69) is 63.3 Å². The Hall–Kier alpha value is -1.31. The first-order valence-corrected chi connectivity index (χ1v) is 7.89. The average Bonchev–Trinajstić information content (AvgIpc) is 2.40.